The van der Waals surface area contributed by atoms with Gasteiger partial charge in [0.1, 0.15) is 11.4 Å². The molecule has 0 radical (unpaired) electrons. The first kappa shape index (κ1) is 15.3. The van der Waals surface area contributed by atoms with Crippen LogP contribution in [0, 0.1) is 5.92 Å². The summed E-state index contributed by atoms with van der Waals surface area (Å²) < 4.78 is 0. The highest BCUT2D eigenvalue weighted by molar-refractivity contribution is 5.94. The Bertz CT molecular complexity index is 421. The van der Waals surface area contributed by atoms with Gasteiger partial charge in [0.2, 0.25) is 0 Å². The van der Waals surface area contributed by atoms with Gasteiger partial charge in [-0.25, -0.2) is 9.78 Å². The summed E-state index contributed by atoms with van der Waals surface area (Å²) >= 11 is 0. The van der Waals surface area contributed by atoms with Crippen molar-refractivity contribution in [3.05, 3.63) is 17.8 Å². The first-order chi connectivity index (χ1) is 9.08. The molecule has 0 aliphatic rings. The minimum Gasteiger partial charge on any atom is -0.478 e. The predicted molar refractivity (Wildman–Crippen MR) is 77.4 cm³/mol. The molecule has 19 heavy (non-hydrogen) atoms. The van der Waals surface area contributed by atoms with Gasteiger partial charge in [0.25, 0.3) is 0 Å². The number of unbranched alkanes of at least 4 members (excludes halogenated alkanes) is 1. The lowest BCUT2D eigenvalue weighted by Gasteiger charge is -2.16. The van der Waals surface area contributed by atoms with Crippen molar-refractivity contribution in [2.45, 2.75) is 39.5 Å². The molecule has 0 bridgehead atoms. The van der Waals surface area contributed by atoms with Crippen molar-refractivity contribution in [1.29, 1.82) is 0 Å². The third kappa shape index (κ3) is 4.77. The normalized spacial score (nSPS) is 12.1. The summed E-state index contributed by atoms with van der Waals surface area (Å²) in [5, 5.41) is 12.3. The van der Waals surface area contributed by atoms with Gasteiger partial charge >= 0.3 is 5.97 Å². The number of carboxylic acids is 1. The topological polar surface area (TPSA) is 88.2 Å². The van der Waals surface area contributed by atoms with E-state index in [1.807, 2.05) is 0 Å². The zero-order valence-electron chi connectivity index (χ0n) is 11.6. The molecule has 1 aromatic rings. The summed E-state index contributed by atoms with van der Waals surface area (Å²) in [6.07, 6.45) is 6.07. The summed E-state index contributed by atoms with van der Waals surface area (Å²) in [5.74, 6) is -0.0681. The smallest absolute Gasteiger partial charge is 0.339 e. The van der Waals surface area contributed by atoms with Crippen LogP contribution < -0.4 is 11.1 Å². The summed E-state index contributed by atoms with van der Waals surface area (Å²) in [6, 6.07) is 1.44. The second-order valence-corrected chi connectivity index (χ2v) is 4.77. The molecule has 0 aliphatic carbocycles. The van der Waals surface area contributed by atoms with E-state index in [4.69, 9.17) is 10.8 Å². The molecule has 0 fully saturated rings. The Morgan fingerprint density at radius 3 is 2.84 bits per heavy atom. The molecule has 5 nitrogen and oxygen atoms in total. The first-order valence-corrected chi connectivity index (χ1v) is 6.81. The highest BCUT2D eigenvalue weighted by Crippen LogP contribution is 2.18. The van der Waals surface area contributed by atoms with Gasteiger partial charge in [0, 0.05) is 6.54 Å². The molecule has 4 N–H and O–H groups in total. The molecule has 0 aromatic carbocycles. The van der Waals surface area contributed by atoms with Crippen LogP contribution >= 0.6 is 0 Å². The number of nitrogens with zero attached hydrogens (tertiary/aromatic N) is 1. The van der Waals surface area contributed by atoms with Crippen LogP contribution in [-0.2, 0) is 0 Å². The number of rotatable bonds is 8. The van der Waals surface area contributed by atoms with Crippen LogP contribution in [0.4, 0.5) is 11.5 Å². The molecule has 0 amide bonds. The number of carbonyl (C=O) groups is 1. The predicted octanol–water partition coefficient (Wildman–Crippen LogP) is 2.99. The Labute approximate surface area is 114 Å². The Kier molecular flexibility index (Phi) is 6.12. The summed E-state index contributed by atoms with van der Waals surface area (Å²) in [7, 11) is 0. The average molecular weight is 265 g/mol. The lowest BCUT2D eigenvalue weighted by Crippen LogP contribution is -2.17. The quantitative estimate of drug-likeness (QED) is 0.672. The Morgan fingerprint density at radius 2 is 2.26 bits per heavy atom. The van der Waals surface area contributed by atoms with E-state index in [9.17, 15) is 4.79 Å². The SMILES string of the molecule is CCCCC(CC)CNc1ncc(N)cc1C(=O)O. The molecule has 0 spiro atoms. The summed E-state index contributed by atoms with van der Waals surface area (Å²) in [5.41, 5.74) is 6.05. The number of aromatic nitrogens is 1. The number of aromatic carboxylic acids is 1. The number of hydrogen-bond donors (Lipinski definition) is 3. The minimum atomic E-state index is -1.01. The van der Waals surface area contributed by atoms with Crippen LogP contribution in [0.5, 0.6) is 0 Å². The number of nitrogens with two attached hydrogens (primary N) is 1. The molecular formula is C14H23N3O2. The van der Waals surface area contributed by atoms with Gasteiger partial charge < -0.3 is 16.2 Å². The van der Waals surface area contributed by atoms with E-state index in [0.717, 1.165) is 19.4 Å². The Balaban J connectivity index is 2.68. The number of nitrogens with one attached hydrogen (secondary N) is 1. The largest absolute Gasteiger partial charge is 0.478 e. The van der Waals surface area contributed by atoms with Crippen molar-refractivity contribution in [2.24, 2.45) is 5.92 Å². The second-order valence-electron chi connectivity index (χ2n) is 4.77. The van der Waals surface area contributed by atoms with Crippen molar-refractivity contribution in [3.63, 3.8) is 0 Å². The maximum Gasteiger partial charge on any atom is 0.339 e. The number of hydrogen-bond acceptors (Lipinski definition) is 4. The zero-order chi connectivity index (χ0) is 14.3. The van der Waals surface area contributed by atoms with Gasteiger partial charge in [-0.3, -0.25) is 0 Å². The van der Waals surface area contributed by atoms with Crippen LogP contribution in [0.15, 0.2) is 12.3 Å². The molecule has 1 atom stereocenters. The van der Waals surface area contributed by atoms with E-state index >= 15 is 0 Å². The molecule has 5 heteroatoms. The molecule has 1 unspecified atom stereocenters. The van der Waals surface area contributed by atoms with Crippen LogP contribution in [0.1, 0.15) is 49.9 Å². The molecule has 0 saturated carbocycles. The number of anilines is 2. The maximum absolute atomic E-state index is 11.1. The highest BCUT2D eigenvalue weighted by Gasteiger charge is 2.13. The Morgan fingerprint density at radius 1 is 1.53 bits per heavy atom. The Hall–Kier alpha value is -1.78. The number of carboxylic acid groups (broad SMARTS) is 1. The zero-order valence-corrected chi connectivity index (χ0v) is 11.6. The molecular weight excluding hydrogens is 242 g/mol. The van der Waals surface area contributed by atoms with Crippen molar-refractivity contribution in [1.82, 2.24) is 4.98 Å². The van der Waals surface area contributed by atoms with E-state index < -0.39 is 5.97 Å². The highest BCUT2D eigenvalue weighted by atomic mass is 16.4. The maximum atomic E-state index is 11.1. The number of nitrogen functional groups attached to an aromatic ring is 1. The van der Waals surface area contributed by atoms with Crippen molar-refractivity contribution < 1.29 is 9.90 Å². The average Bonchev–Trinajstić information content (AvgIpc) is 2.40. The molecule has 0 saturated heterocycles. The van der Waals surface area contributed by atoms with Gasteiger partial charge in [-0.2, -0.15) is 0 Å². The van der Waals surface area contributed by atoms with Crippen LogP contribution in [0.2, 0.25) is 0 Å². The van der Waals surface area contributed by atoms with Gasteiger partial charge in [-0.05, 0) is 18.4 Å². The lowest BCUT2D eigenvalue weighted by molar-refractivity contribution is 0.0697. The molecule has 1 aromatic heterocycles. The van der Waals surface area contributed by atoms with E-state index in [-0.39, 0.29) is 5.56 Å². The van der Waals surface area contributed by atoms with E-state index in [1.165, 1.54) is 25.1 Å². The van der Waals surface area contributed by atoms with Crippen LogP contribution in [0.25, 0.3) is 0 Å². The van der Waals surface area contributed by atoms with Crippen LogP contribution in [0.3, 0.4) is 0 Å². The lowest BCUT2D eigenvalue weighted by atomic mass is 9.99. The van der Waals surface area contributed by atoms with E-state index in [1.54, 1.807) is 0 Å². The molecule has 0 aliphatic heterocycles. The fourth-order valence-electron chi connectivity index (χ4n) is 1.97. The fraction of sp³-hybridized carbons (Fsp3) is 0.571. The van der Waals surface area contributed by atoms with Gasteiger partial charge in [0.15, 0.2) is 0 Å². The fourth-order valence-corrected chi connectivity index (χ4v) is 1.97. The van der Waals surface area contributed by atoms with Crippen LogP contribution in [-0.4, -0.2) is 22.6 Å². The van der Waals surface area contributed by atoms with Gasteiger partial charge in [-0.1, -0.05) is 33.1 Å². The third-order valence-corrected chi connectivity index (χ3v) is 3.24. The minimum absolute atomic E-state index is 0.130. The molecule has 106 valence electrons. The van der Waals surface area contributed by atoms with Crippen molar-refractivity contribution in [3.8, 4) is 0 Å². The van der Waals surface area contributed by atoms with Gasteiger partial charge in [-0.15, -0.1) is 0 Å². The summed E-state index contributed by atoms with van der Waals surface area (Å²) in [4.78, 5) is 15.2. The van der Waals surface area contributed by atoms with E-state index in [2.05, 4.69) is 24.1 Å². The number of pyridine rings is 1. The van der Waals surface area contributed by atoms with E-state index in [0.29, 0.717) is 17.4 Å². The first-order valence-electron chi connectivity index (χ1n) is 6.81. The van der Waals surface area contributed by atoms with Crippen molar-refractivity contribution in [2.75, 3.05) is 17.6 Å². The molecule has 1 heterocycles. The summed E-state index contributed by atoms with van der Waals surface area (Å²) in [6.45, 7) is 5.06. The monoisotopic (exact) mass is 265 g/mol. The molecule has 1 rings (SSSR count). The third-order valence-electron chi connectivity index (χ3n) is 3.24. The second kappa shape index (κ2) is 7.61. The van der Waals surface area contributed by atoms with Gasteiger partial charge in [0.05, 0.1) is 11.9 Å². The standard InChI is InChI=1S/C14H23N3O2/c1-3-5-6-10(4-2)8-16-13-12(14(18)19)7-11(15)9-17-13/h7,9-10H,3-6,8,15H2,1-2H3,(H,16,17)(H,18,19). The van der Waals surface area contributed by atoms with Crippen molar-refractivity contribution >= 4 is 17.5 Å².